The number of carboxylic acid groups (broad SMARTS) is 1. The van der Waals surface area contributed by atoms with Gasteiger partial charge in [-0.2, -0.15) is 0 Å². The minimum atomic E-state index is -0.767. The summed E-state index contributed by atoms with van der Waals surface area (Å²) in [5.41, 5.74) is 0. The van der Waals surface area contributed by atoms with E-state index in [1.807, 2.05) is 0 Å². The number of rotatable bonds is 4. The highest BCUT2D eigenvalue weighted by Crippen LogP contribution is 2.09. The first-order valence-corrected chi connectivity index (χ1v) is 6.39. The molecule has 14 heavy (non-hydrogen) atoms. The molecule has 1 rings (SSSR count). The van der Waals surface area contributed by atoms with Gasteiger partial charge in [-0.3, -0.25) is 9.00 Å². The van der Waals surface area contributed by atoms with Crippen LogP contribution < -0.4 is 5.32 Å². The van der Waals surface area contributed by atoms with Crippen molar-refractivity contribution in [3.63, 3.8) is 0 Å². The summed E-state index contributed by atoms with van der Waals surface area (Å²) in [5, 5.41) is 11.9. The molecule has 1 saturated heterocycles. The Morgan fingerprint density at radius 2 is 2.14 bits per heavy atom. The number of carboxylic acids is 1. The van der Waals surface area contributed by atoms with Crippen LogP contribution in [0.25, 0.3) is 0 Å². The molecule has 1 aliphatic rings. The first-order valence-electron chi connectivity index (χ1n) is 4.90. The quantitative estimate of drug-likeness (QED) is 0.709. The van der Waals surface area contributed by atoms with Crippen molar-refractivity contribution in [1.29, 1.82) is 0 Å². The van der Waals surface area contributed by atoms with Crippen LogP contribution in [0.5, 0.6) is 0 Å². The Morgan fingerprint density at radius 3 is 2.64 bits per heavy atom. The highest BCUT2D eigenvalue weighted by molar-refractivity contribution is 7.85. The van der Waals surface area contributed by atoms with Crippen LogP contribution in [0, 0.1) is 5.92 Å². The largest absolute Gasteiger partial charge is 0.481 e. The molecule has 1 aliphatic heterocycles. The number of aliphatic carboxylic acids is 1. The molecule has 0 saturated carbocycles. The van der Waals surface area contributed by atoms with E-state index in [-0.39, 0.29) is 5.92 Å². The van der Waals surface area contributed by atoms with E-state index in [4.69, 9.17) is 5.11 Å². The molecule has 1 fully saturated rings. The summed E-state index contributed by atoms with van der Waals surface area (Å²) in [4.78, 5) is 10.5. The third kappa shape index (κ3) is 3.75. The molecule has 0 aliphatic carbocycles. The van der Waals surface area contributed by atoms with Gasteiger partial charge >= 0.3 is 5.97 Å². The fourth-order valence-corrected chi connectivity index (χ4v) is 2.73. The van der Waals surface area contributed by atoms with E-state index in [1.54, 1.807) is 6.92 Å². The maximum absolute atomic E-state index is 11.0. The van der Waals surface area contributed by atoms with Crippen molar-refractivity contribution in [2.45, 2.75) is 25.8 Å². The molecule has 0 amide bonds. The number of nitrogens with one attached hydrogen (secondary N) is 1. The lowest BCUT2D eigenvalue weighted by Crippen LogP contribution is -2.39. The Balaban J connectivity index is 2.19. The first kappa shape index (κ1) is 11.7. The Kier molecular flexibility index (Phi) is 4.54. The average Bonchev–Trinajstić information content (AvgIpc) is 2.16. The molecule has 0 aromatic carbocycles. The normalized spacial score (nSPS) is 29.8. The van der Waals surface area contributed by atoms with Crippen molar-refractivity contribution in [3.05, 3.63) is 0 Å². The maximum atomic E-state index is 11.0. The predicted molar refractivity (Wildman–Crippen MR) is 55.7 cm³/mol. The zero-order chi connectivity index (χ0) is 10.6. The molecular weight excluding hydrogens is 202 g/mol. The second-order valence-electron chi connectivity index (χ2n) is 3.77. The van der Waals surface area contributed by atoms with Crippen LogP contribution in [0.3, 0.4) is 0 Å². The lowest BCUT2D eigenvalue weighted by Gasteiger charge is -2.23. The molecule has 4 nitrogen and oxygen atoms in total. The van der Waals surface area contributed by atoms with Gasteiger partial charge in [-0.15, -0.1) is 0 Å². The lowest BCUT2D eigenvalue weighted by molar-refractivity contribution is -0.141. The van der Waals surface area contributed by atoms with Gasteiger partial charge in [-0.05, 0) is 12.8 Å². The smallest absolute Gasteiger partial charge is 0.307 e. The third-order valence-corrected chi connectivity index (χ3v) is 3.90. The van der Waals surface area contributed by atoms with E-state index in [9.17, 15) is 9.00 Å². The van der Waals surface area contributed by atoms with Crippen molar-refractivity contribution in [1.82, 2.24) is 5.32 Å². The summed E-state index contributed by atoms with van der Waals surface area (Å²) in [7, 11) is -0.640. The van der Waals surface area contributed by atoms with Crippen molar-refractivity contribution in [3.8, 4) is 0 Å². The molecule has 5 heteroatoms. The number of carbonyl (C=O) groups is 1. The van der Waals surface area contributed by atoms with E-state index in [1.165, 1.54) is 0 Å². The molecule has 0 bridgehead atoms. The van der Waals surface area contributed by atoms with Gasteiger partial charge in [0.25, 0.3) is 0 Å². The highest BCUT2D eigenvalue weighted by Gasteiger charge is 2.19. The molecule has 0 spiro atoms. The summed E-state index contributed by atoms with van der Waals surface area (Å²) in [6, 6.07) is 0.356. The summed E-state index contributed by atoms with van der Waals surface area (Å²) < 4.78 is 11.0. The molecule has 1 atom stereocenters. The molecule has 0 aromatic heterocycles. The van der Waals surface area contributed by atoms with Gasteiger partial charge in [0.15, 0.2) is 0 Å². The molecular formula is C9H17NO3S. The highest BCUT2D eigenvalue weighted by atomic mass is 32.2. The molecule has 0 radical (unpaired) electrons. The van der Waals surface area contributed by atoms with Crippen molar-refractivity contribution in [2.24, 2.45) is 5.92 Å². The van der Waals surface area contributed by atoms with Crippen LogP contribution in [0.2, 0.25) is 0 Å². The van der Waals surface area contributed by atoms with Gasteiger partial charge in [-0.25, -0.2) is 0 Å². The second kappa shape index (κ2) is 5.46. The van der Waals surface area contributed by atoms with Crippen molar-refractivity contribution >= 4 is 16.8 Å². The van der Waals surface area contributed by atoms with Crippen molar-refractivity contribution in [2.75, 3.05) is 18.1 Å². The van der Waals surface area contributed by atoms with Gasteiger partial charge in [0.05, 0.1) is 5.92 Å². The van der Waals surface area contributed by atoms with Crippen molar-refractivity contribution < 1.29 is 14.1 Å². The molecule has 82 valence electrons. The number of hydrogen-bond donors (Lipinski definition) is 2. The average molecular weight is 219 g/mol. The summed E-state index contributed by atoms with van der Waals surface area (Å²) >= 11 is 0. The Labute approximate surface area is 86.5 Å². The zero-order valence-corrected chi connectivity index (χ0v) is 9.18. The van der Waals surface area contributed by atoms with E-state index in [2.05, 4.69) is 5.32 Å². The molecule has 2 N–H and O–H groups in total. The summed E-state index contributed by atoms with van der Waals surface area (Å²) in [6.45, 7) is 2.20. The fourth-order valence-electron chi connectivity index (χ4n) is 1.43. The SMILES string of the molecule is CC(CNC1CCS(=O)CC1)C(=O)O. The van der Waals surface area contributed by atoms with Gasteiger partial charge in [0.2, 0.25) is 0 Å². The Bertz CT molecular complexity index is 222. The van der Waals surface area contributed by atoms with Crippen LogP contribution in [-0.4, -0.2) is 39.4 Å². The fraction of sp³-hybridized carbons (Fsp3) is 0.889. The first-order chi connectivity index (χ1) is 6.59. The summed E-state index contributed by atoms with van der Waals surface area (Å²) in [5.74, 6) is 0.387. The Hall–Kier alpha value is -0.420. The van der Waals surface area contributed by atoms with Crippen LogP contribution >= 0.6 is 0 Å². The van der Waals surface area contributed by atoms with Gasteiger partial charge < -0.3 is 10.4 Å². The minimum absolute atomic E-state index is 0.345. The summed E-state index contributed by atoms with van der Waals surface area (Å²) in [6.07, 6.45) is 1.80. The Morgan fingerprint density at radius 1 is 1.57 bits per heavy atom. The van der Waals surface area contributed by atoms with E-state index >= 15 is 0 Å². The molecule has 1 unspecified atom stereocenters. The van der Waals surface area contributed by atoms with Gasteiger partial charge in [0.1, 0.15) is 0 Å². The lowest BCUT2D eigenvalue weighted by atomic mass is 10.1. The predicted octanol–water partition coefficient (Wildman–Crippen LogP) is 0.208. The van der Waals surface area contributed by atoms with Crippen LogP contribution in [0.1, 0.15) is 19.8 Å². The standard InChI is InChI=1S/C9H17NO3S/c1-7(9(11)12)6-10-8-2-4-14(13)5-3-8/h7-8,10H,2-6H2,1H3,(H,11,12). The second-order valence-corrected chi connectivity index (χ2v) is 5.47. The monoisotopic (exact) mass is 219 g/mol. The van der Waals surface area contributed by atoms with Crippen LogP contribution in [-0.2, 0) is 15.6 Å². The third-order valence-electron chi connectivity index (χ3n) is 2.52. The van der Waals surface area contributed by atoms with Gasteiger partial charge in [0, 0.05) is 34.9 Å². The molecule has 1 heterocycles. The van der Waals surface area contributed by atoms with E-state index in [0.717, 1.165) is 24.3 Å². The van der Waals surface area contributed by atoms with Gasteiger partial charge in [-0.1, -0.05) is 6.92 Å². The van der Waals surface area contributed by atoms with E-state index in [0.29, 0.717) is 12.6 Å². The minimum Gasteiger partial charge on any atom is -0.481 e. The molecule has 0 aromatic rings. The van der Waals surface area contributed by atoms with Crippen LogP contribution in [0.4, 0.5) is 0 Å². The van der Waals surface area contributed by atoms with Crippen LogP contribution in [0.15, 0.2) is 0 Å². The topological polar surface area (TPSA) is 66.4 Å². The van der Waals surface area contributed by atoms with E-state index < -0.39 is 16.8 Å². The zero-order valence-electron chi connectivity index (χ0n) is 8.36. The number of hydrogen-bond acceptors (Lipinski definition) is 3. The maximum Gasteiger partial charge on any atom is 0.307 e.